The average Bonchev–Trinajstić information content (AvgIpc) is 2.72. The number of nitrogens with zero attached hydrogens (tertiary/aromatic N) is 4. The van der Waals surface area contributed by atoms with Crippen LogP contribution in [0.2, 0.25) is 0 Å². The van der Waals surface area contributed by atoms with Crippen molar-refractivity contribution in [3.05, 3.63) is 77.5 Å². The molecular weight excluding hydrogens is 334 g/mol. The second kappa shape index (κ2) is 9.54. The fraction of sp³-hybridized carbons (Fsp3) is 0.273. The number of benzene rings is 2. The molecule has 136 valence electrons. The van der Waals surface area contributed by atoms with Crippen molar-refractivity contribution < 1.29 is 0 Å². The molecule has 0 aromatic heterocycles. The molecule has 27 heavy (non-hydrogen) atoms. The van der Waals surface area contributed by atoms with Gasteiger partial charge in [0, 0.05) is 51.2 Å². The van der Waals surface area contributed by atoms with Crippen LogP contribution in [0.5, 0.6) is 0 Å². The number of hydrogen-bond donors (Lipinski definition) is 1. The van der Waals surface area contributed by atoms with E-state index in [0.717, 1.165) is 45.0 Å². The molecule has 0 aliphatic carbocycles. The molecule has 2 aromatic carbocycles. The molecule has 0 bridgehead atoms. The first kappa shape index (κ1) is 18.7. The molecule has 0 atom stereocenters. The Labute approximate surface area is 160 Å². The zero-order valence-electron chi connectivity index (χ0n) is 15.3. The number of nitriles is 2. The van der Waals surface area contributed by atoms with Crippen molar-refractivity contribution >= 4 is 5.69 Å². The Morgan fingerprint density at radius 1 is 0.815 bits per heavy atom. The zero-order valence-corrected chi connectivity index (χ0v) is 15.3. The maximum absolute atomic E-state index is 8.74. The van der Waals surface area contributed by atoms with Gasteiger partial charge in [0.1, 0.15) is 17.7 Å². The summed E-state index contributed by atoms with van der Waals surface area (Å²) in [6.45, 7) is 6.29. The lowest BCUT2D eigenvalue weighted by atomic mass is 10.1. The van der Waals surface area contributed by atoms with Gasteiger partial charge in [-0.25, -0.2) is 0 Å². The van der Waals surface area contributed by atoms with Crippen LogP contribution in [-0.2, 0) is 13.1 Å². The van der Waals surface area contributed by atoms with E-state index in [1.807, 2.05) is 24.3 Å². The van der Waals surface area contributed by atoms with Gasteiger partial charge >= 0.3 is 0 Å². The Kier molecular flexibility index (Phi) is 6.60. The first-order valence-electron chi connectivity index (χ1n) is 9.11. The lowest BCUT2D eigenvalue weighted by Gasteiger charge is -2.34. The third-order valence-corrected chi connectivity index (χ3v) is 4.70. The van der Waals surface area contributed by atoms with Gasteiger partial charge in [-0.2, -0.15) is 10.5 Å². The summed E-state index contributed by atoms with van der Waals surface area (Å²) in [5.41, 5.74) is 3.57. The van der Waals surface area contributed by atoms with E-state index >= 15 is 0 Å². The first-order chi connectivity index (χ1) is 13.3. The summed E-state index contributed by atoms with van der Waals surface area (Å²) in [5, 5.41) is 20.5. The van der Waals surface area contributed by atoms with E-state index in [0.29, 0.717) is 0 Å². The molecule has 1 aliphatic heterocycles. The van der Waals surface area contributed by atoms with Gasteiger partial charge in [-0.15, -0.1) is 0 Å². The lowest BCUT2D eigenvalue weighted by Crippen LogP contribution is -2.45. The molecule has 0 radical (unpaired) electrons. The highest BCUT2D eigenvalue weighted by molar-refractivity contribution is 5.50. The fourth-order valence-electron chi connectivity index (χ4n) is 3.16. The summed E-state index contributed by atoms with van der Waals surface area (Å²) in [7, 11) is 0. The van der Waals surface area contributed by atoms with E-state index in [2.05, 4.69) is 57.6 Å². The minimum Gasteiger partial charge on any atom is -0.360 e. The molecule has 1 aliphatic rings. The van der Waals surface area contributed by atoms with E-state index < -0.39 is 0 Å². The van der Waals surface area contributed by atoms with Crippen molar-refractivity contribution in [1.29, 1.82) is 10.5 Å². The fourth-order valence-corrected chi connectivity index (χ4v) is 3.16. The molecule has 0 spiro atoms. The molecule has 1 N–H and O–H groups in total. The van der Waals surface area contributed by atoms with E-state index in [4.69, 9.17) is 10.5 Å². The predicted molar refractivity (Wildman–Crippen MR) is 106 cm³/mol. The average molecular weight is 357 g/mol. The number of rotatable bonds is 6. The number of piperazine rings is 1. The second-order valence-corrected chi connectivity index (χ2v) is 6.66. The molecule has 0 saturated carbocycles. The summed E-state index contributed by atoms with van der Waals surface area (Å²) in [6.07, 6.45) is 1.43. The summed E-state index contributed by atoms with van der Waals surface area (Å²) in [5.74, 6) is 0. The van der Waals surface area contributed by atoms with Crippen molar-refractivity contribution in [2.75, 3.05) is 31.5 Å². The Bertz CT molecular complexity index is 819. The minimum absolute atomic E-state index is 0.0625. The van der Waals surface area contributed by atoms with Crippen molar-refractivity contribution in [2.45, 2.75) is 13.1 Å². The van der Waals surface area contributed by atoms with Crippen LogP contribution in [0.15, 0.2) is 66.4 Å². The van der Waals surface area contributed by atoms with Crippen LogP contribution >= 0.6 is 0 Å². The maximum Gasteiger partial charge on any atom is 0.145 e. The third kappa shape index (κ3) is 5.69. The topological polar surface area (TPSA) is 66.1 Å². The smallest absolute Gasteiger partial charge is 0.145 e. The molecule has 0 amide bonds. The molecule has 5 heteroatoms. The van der Waals surface area contributed by atoms with Crippen molar-refractivity contribution in [1.82, 2.24) is 9.80 Å². The summed E-state index contributed by atoms with van der Waals surface area (Å²) < 4.78 is 0. The monoisotopic (exact) mass is 357 g/mol. The van der Waals surface area contributed by atoms with E-state index in [9.17, 15) is 0 Å². The largest absolute Gasteiger partial charge is 0.360 e. The SMILES string of the molecule is N#CC(C#N)=CNc1ccc(CN2CCN(Cc3ccccc3)CC2)cc1. The van der Waals surface area contributed by atoms with Gasteiger partial charge in [0.2, 0.25) is 0 Å². The predicted octanol–water partition coefficient (Wildman–Crippen LogP) is 3.35. The van der Waals surface area contributed by atoms with Gasteiger partial charge in [-0.3, -0.25) is 9.80 Å². The van der Waals surface area contributed by atoms with Gasteiger partial charge in [-0.1, -0.05) is 42.5 Å². The minimum atomic E-state index is 0.0625. The van der Waals surface area contributed by atoms with Crippen LogP contribution in [0.3, 0.4) is 0 Å². The highest BCUT2D eigenvalue weighted by atomic mass is 15.3. The normalized spacial score (nSPS) is 14.7. The standard InChI is InChI=1S/C22H23N5/c23-14-21(15-24)16-25-22-8-6-20(7-9-22)18-27-12-10-26(11-13-27)17-19-4-2-1-3-5-19/h1-9,16,25H,10-13,17-18H2. The zero-order chi connectivity index (χ0) is 18.9. The highest BCUT2D eigenvalue weighted by Gasteiger charge is 2.16. The van der Waals surface area contributed by atoms with Gasteiger partial charge in [0.15, 0.2) is 0 Å². The van der Waals surface area contributed by atoms with E-state index in [-0.39, 0.29) is 5.57 Å². The molecule has 5 nitrogen and oxygen atoms in total. The third-order valence-electron chi connectivity index (χ3n) is 4.70. The first-order valence-corrected chi connectivity index (χ1v) is 9.11. The molecule has 1 saturated heterocycles. The Morgan fingerprint density at radius 3 is 1.85 bits per heavy atom. The number of anilines is 1. The molecule has 2 aromatic rings. The Balaban J connectivity index is 1.46. The van der Waals surface area contributed by atoms with Crippen LogP contribution < -0.4 is 5.32 Å². The molecule has 0 unspecified atom stereocenters. The van der Waals surface area contributed by atoms with Crippen LogP contribution in [0, 0.1) is 22.7 Å². The van der Waals surface area contributed by atoms with E-state index in [1.165, 1.54) is 17.3 Å². The van der Waals surface area contributed by atoms with Crippen molar-refractivity contribution in [3.8, 4) is 12.1 Å². The number of allylic oxidation sites excluding steroid dienone is 1. The van der Waals surface area contributed by atoms with Gasteiger partial charge in [0.05, 0.1) is 0 Å². The number of nitrogens with one attached hydrogen (secondary N) is 1. The summed E-state index contributed by atoms with van der Waals surface area (Å²) >= 11 is 0. The Hall–Kier alpha value is -3.12. The summed E-state index contributed by atoms with van der Waals surface area (Å²) in [4.78, 5) is 4.99. The molecular formula is C22H23N5. The van der Waals surface area contributed by atoms with Crippen molar-refractivity contribution in [2.24, 2.45) is 0 Å². The molecule has 1 heterocycles. The molecule has 3 rings (SSSR count). The van der Waals surface area contributed by atoms with Crippen LogP contribution in [0.1, 0.15) is 11.1 Å². The van der Waals surface area contributed by atoms with Crippen LogP contribution in [0.25, 0.3) is 0 Å². The van der Waals surface area contributed by atoms with Gasteiger partial charge < -0.3 is 5.32 Å². The molecule has 1 fully saturated rings. The number of hydrogen-bond acceptors (Lipinski definition) is 5. The van der Waals surface area contributed by atoms with E-state index in [1.54, 1.807) is 0 Å². The lowest BCUT2D eigenvalue weighted by molar-refractivity contribution is 0.122. The van der Waals surface area contributed by atoms with Gasteiger partial charge in [0.25, 0.3) is 0 Å². The summed E-state index contributed by atoms with van der Waals surface area (Å²) in [6, 6.07) is 22.4. The van der Waals surface area contributed by atoms with Crippen LogP contribution in [0.4, 0.5) is 5.69 Å². The maximum atomic E-state index is 8.74. The quantitative estimate of drug-likeness (QED) is 0.803. The van der Waals surface area contributed by atoms with Crippen molar-refractivity contribution in [3.63, 3.8) is 0 Å². The Morgan fingerprint density at radius 2 is 1.33 bits per heavy atom. The highest BCUT2D eigenvalue weighted by Crippen LogP contribution is 2.14. The second-order valence-electron chi connectivity index (χ2n) is 6.66. The van der Waals surface area contributed by atoms with Crippen LogP contribution in [-0.4, -0.2) is 36.0 Å². The van der Waals surface area contributed by atoms with Gasteiger partial charge in [-0.05, 0) is 23.3 Å².